The van der Waals surface area contributed by atoms with Crippen molar-refractivity contribution < 1.29 is 5.11 Å². The van der Waals surface area contributed by atoms with Crippen molar-refractivity contribution in [3.05, 3.63) is 64.1 Å². The SMILES string of the molecule is Cc1cc2c3c(n(CC(C)(O)c4cccnc4)c2cc1Cl)CCN(C)C3. The van der Waals surface area contributed by atoms with E-state index in [1.54, 1.807) is 12.4 Å². The van der Waals surface area contributed by atoms with E-state index in [9.17, 15) is 5.11 Å². The third-order valence-corrected chi connectivity index (χ3v) is 5.88. The van der Waals surface area contributed by atoms with Gasteiger partial charge in [-0.2, -0.15) is 0 Å². The molecule has 1 aliphatic heterocycles. The molecule has 1 N–H and O–H groups in total. The molecule has 1 unspecified atom stereocenters. The van der Waals surface area contributed by atoms with Gasteiger partial charge in [0.05, 0.1) is 12.1 Å². The molecule has 0 fully saturated rings. The molecular weight excluding hydrogens is 346 g/mol. The smallest absolute Gasteiger partial charge is 0.106 e. The molecular formula is C21H24ClN3O. The number of hydrogen-bond donors (Lipinski definition) is 1. The van der Waals surface area contributed by atoms with Crippen LogP contribution in [0.1, 0.15) is 29.3 Å². The summed E-state index contributed by atoms with van der Waals surface area (Å²) in [7, 11) is 2.15. The lowest BCUT2D eigenvalue weighted by Gasteiger charge is -2.28. The van der Waals surface area contributed by atoms with Crippen LogP contribution in [0.25, 0.3) is 10.9 Å². The number of hydrogen-bond acceptors (Lipinski definition) is 3. The molecule has 3 heterocycles. The fraction of sp³-hybridized carbons (Fsp3) is 0.381. The second-order valence-electron chi connectivity index (χ2n) is 7.63. The Kier molecular flexibility index (Phi) is 4.30. The second kappa shape index (κ2) is 6.38. The lowest BCUT2D eigenvalue weighted by molar-refractivity contribution is 0.0381. The van der Waals surface area contributed by atoms with Crippen molar-refractivity contribution >= 4 is 22.5 Å². The Balaban J connectivity index is 1.88. The van der Waals surface area contributed by atoms with Gasteiger partial charge in [0.25, 0.3) is 0 Å². The number of halogens is 1. The summed E-state index contributed by atoms with van der Waals surface area (Å²) in [5.74, 6) is 0. The number of rotatable bonds is 3. The Labute approximate surface area is 159 Å². The summed E-state index contributed by atoms with van der Waals surface area (Å²) in [5, 5.41) is 13.2. The van der Waals surface area contributed by atoms with E-state index >= 15 is 0 Å². The van der Waals surface area contributed by atoms with Gasteiger partial charge in [-0.3, -0.25) is 4.98 Å². The van der Waals surface area contributed by atoms with E-state index in [-0.39, 0.29) is 0 Å². The zero-order chi connectivity index (χ0) is 18.5. The van der Waals surface area contributed by atoms with Crippen molar-refractivity contribution in [2.75, 3.05) is 13.6 Å². The lowest BCUT2D eigenvalue weighted by atomic mass is 9.97. The molecule has 1 atom stereocenters. The van der Waals surface area contributed by atoms with Crippen LogP contribution >= 0.6 is 11.6 Å². The van der Waals surface area contributed by atoms with Gasteiger partial charge in [-0.1, -0.05) is 17.7 Å². The van der Waals surface area contributed by atoms with E-state index in [1.807, 2.05) is 32.0 Å². The molecule has 0 amide bonds. The number of aliphatic hydroxyl groups is 1. The maximum atomic E-state index is 11.2. The van der Waals surface area contributed by atoms with Crippen LogP contribution in [0.4, 0.5) is 0 Å². The Morgan fingerprint density at radius 2 is 2.15 bits per heavy atom. The van der Waals surface area contributed by atoms with Crippen molar-refractivity contribution in [1.29, 1.82) is 0 Å². The molecule has 2 aromatic heterocycles. The third-order valence-electron chi connectivity index (χ3n) is 5.47. The molecule has 4 nitrogen and oxygen atoms in total. The number of nitrogens with zero attached hydrogens (tertiary/aromatic N) is 3. The van der Waals surface area contributed by atoms with Crippen LogP contribution in [0.3, 0.4) is 0 Å². The summed E-state index contributed by atoms with van der Waals surface area (Å²) < 4.78 is 2.26. The molecule has 0 spiro atoms. The first kappa shape index (κ1) is 17.5. The highest BCUT2D eigenvalue weighted by atomic mass is 35.5. The molecule has 0 saturated carbocycles. The van der Waals surface area contributed by atoms with Crippen LogP contribution in [0.15, 0.2) is 36.7 Å². The van der Waals surface area contributed by atoms with Gasteiger partial charge in [-0.05, 0) is 50.2 Å². The number of pyridine rings is 1. The summed E-state index contributed by atoms with van der Waals surface area (Å²) in [6, 6.07) is 8.02. The van der Waals surface area contributed by atoms with Gasteiger partial charge in [-0.15, -0.1) is 0 Å². The molecule has 5 heteroatoms. The van der Waals surface area contributed by atoms with Crippen molar-refractivity contribution in [2.24, 2.45) is 0 Å². The first-order valence-electron chi connectivity index (χ1n) is 8.98. The normalized spacial score (nSPS) is 17.3. The Hall–Kier alpha value is -1.88. The third kappa shape index (κ3) is 2.92. The van der Waals surface area contributed by atoms with Crippen molar-refractivity contribution in [3.63, 3.8) is 0 Å². The fourth-order valence-corrected chi connectivity index (χ4v) is 4.13. The quantitative estimate of drug-likeness (QED) is 0.761. The number of aryl methyl sites for hydroxylation is 1. The van der Waals surface area contributed by atoms with Crippen LogP contribution in [0.5, 0.6) is 0 Å². The zero-order valence-electron chi connectivity index (χ0n) is 15.5. The van der Waals surface area contributed by atoms with Crippen LogP contribution in [0, 0.1) is 6.92 Å². The van der Waals surface area contributed by atoms with E-state index in [0.29, 0.717) is 6.54 Å². The maximum absolute atomic E-state index is 11.2. The summed E-state index contributed by atoms with van der Waals surface area (Å²) in [4.78, 5) is 6.51. The molecule has 136 valence electrons. The predicted octanol–water partition coefficient (Wildman–Crippen LogP) is 3.89. The minimum Gasteiger partial charge on any atom is -0.384 e. The second-order valence-corrected chi connectivity index (χ2v) is 8.04. The number of aromatic nitrogens is 2. The average Bonchev–Trinajstić information content (AvgIpc) is 2.88. The summed E-state index contributed by atoms with van der Waals surface area (Å²) in [6.45, 7) is 6.32. The van der Waals surface area contributed by atoms with Crippen LogP contribution in [-0.4, -0.2) is 33.1 Å². The van der Waals surface area contributed by atoms with Gasteiger partial charge in [0.2, 0.25) is 0 Å². The topological polar surface area (TPSA) is 41.3 Å². The highest BCUT2D eigenvalue weighted by Crippen LogP contribution is 2.36. The maximum Gasteiger partial charge on any atom is 0.106 e. The van der Waals surface area contributed by atoms with Crippen LogP contribution < -0.4 is 0 Å². The number of benzene rings is 1. The molecule has 4 rings (SSSR count). The van der Waals surface area contributed by atoms with E-state index < -0.39 is 5.60 Å². The minimum absolute atomic E-state index is 0.480. The van der Waals surface area contributed by atoms with Crippen molar-refractivity contribution in [2.45, 2.75) is 39.0 Å². The first-order chi connectivity index (χ1) is 12.4. The molecule has 1 aliphatic rings. The zero-order valence-corrected chi connectivity index (χ0v) is 16.2. The van der Waals surface area contributed by atoms with Gasteiger partial charge in [0.15, 0.2) is 0 Å². The average molecular weight is 370 g/mol. The molecule has 0 radical (unpaired) electrons. The fourth-order valence-electron chi connectivity index (χ4n) is 3.97. The van der Waals surface area contributed by atoms with Crippen molar-refractivity contribution in [3.8, 4) is 0 Å². The van der Waals surface area contributed by atoms with Crippen LogP contribution in [0.2, 0.25) is 5.02 Å². The lowest BCUT2D eigenvalue weighted by Crippen LogP contribution is -2.31. The monoisotopic (exact) mass is 369 g/mol. The molecule has 0 aliphatic carbocycles. The van der Waals surface area contributed by atoms with Crippen molar-refractivity contribution in [1.82, 2.24) is 14.5 Å². The molecule has 3 aromatic rings. The van der Waals surface area contributed by atoms with E-state index in [0.717, 1.165) is 41.2 Å². The number of likely N-dealkylation sites (N-methyl/N-ethyl adjacent to an activating group) is 1. The molecule has 26 heavy (non-hydrogen) atoms. The highest BCUT2D eigenvalue weighted by molar-refractivity contribution is 6.32. The van der Waals surface area contributed by atoms with E-state index in [4.69, 9.17) is 11.6 Å². The predicted molar refractivity (Wildman–Crippen MR) is 106 cm³/mol. The van der Waals surface area contributed by atoms with Gasteiger partial charge in [0.1, 0.15) is 5.60 Å². The van der Waals surface area contributed by atoms with Gasteiger partial charge >= 0.3 is 0 Å². The Morgan fingerprint density at radius 1 is 1.35 bits per heavy atom. The van der Waals surface area contributed by atoms with E-state index in [2.05, 4.69) is 27.6 Å². The minimum atomic E-state index is -1.01. The highest BCUT2D eigenvalue weighted by Gasteiger charge is 2.29. The summed E-state index contributed by atoms with van der Waals surface area (Å²) >= 11 is 6.44. The summed E-state index contributed by atoms with van der Waals surface area (Å²) in [5.41, 5.74) is 4.67. The molecule has 0 saturated heterocycles. The molecule has 1 aromatic carbocycles. The Morgan fingerprint density at radius 3 is 2.88 bits per heavy atom. The Bertz CT molecular complexity index is 963. The standard InChI is InChI=1S/C21H24ClN3O/c1-14-9-16-17-12-24(3)8-6-19(17)25(20(16)10-18(14)22)13-21(2,26)15-5-4-7-23-11-15/h4-5,7,9-11,26H,6,8,12-13H2,1-3H3. The number of fused-ring (bicyclic) bond motifs is 3. The van der Waals surface area contributed by atoms with E-state index in [1.165, 1.54) is 16.6 Å². The van der Waals surface area contributed by atoms with Gasteiger partial charge in [-0.25, -0.2) is 0 Å². The van der Waals surface area contributed by atoms with Gasteiger partial charge < -0.3 is 14.6 Å². The summed E-state index contributed by atoms with van der Waals surface area (Å²) in [6.07, 6.45) is 4.44. The first-order valence-corrected chi connectivity index (χ1v) is 9.36. The van der Waals surface area contributed by atoms with Crippen LogP contribution in [-0.2, 0) is 25.1 Å². The van der Waals surface area contributed by atoms with Gasteiger partial charge in [0, 0.05) is 53.6 Å². The largest absolute Gasteiger partial charge is 0.384 e. The molecule has 0 bridgehead atoms.